The molecule has 1 atom stereocenters. The third kappa shape index (κ3) is 2.23. The Kier molecular flexibility index (Phi) is 3.23. The Morgan fingerprint density at radius 1 is 1.50 bits per heavy atom. The third-order valence-electron chi connectivity index (χ3n) is 2.41. The summed E-state index contributed by atoms with van der Waals surface area (Å²) in [7, 11) is 0. The van der Waals surface area contributed by atoms with Crippen molar-refractivity contribution in [2.45, 2.75) is 25.8 Å². The molecular weight excluding hydrogens is 198 g/mol. The van der Waals surface area contributed by atoms with Crippen LogP contribution in [-0.2, 0) is 0 Å². The van der Waals surface area contributed by atoms with Gasteiger partial charge in [0.1, 0.15) is 5.65 Å². The molecule has 16 heavy (non-hydrogen) atoms. The van der Waals surface area contributed by atoms with Crippen LogP contribution in [-0.4, -0.2) is 15.4 Å². The summed E-state index contributed by atoms with van der Waals surface area (Å²) < 4.78 is 1.96. The quantitative estimate of drug-likeness (QED) is 0.773. The van der Waals surface area contributed by atoms with E-state index >= 15 is 0 Å². The van der Waals surface area contributed by atoms with Gasteiger partial charge in [-0.25, -0.2) is 4.98 Å². The van der Waals surface area contributed by atoms with Crippen LogP contribution in [0.4, 0.5) is 0 Å². The minimum absolute atomic E-state index is 0.0382. The number of nitrogens with two attached hydrogens (primary N) is 1. The van der Waals surface area contributed by atoms with Crippen molar-refractivity contribution in [3.05, 3.63) is 36.3 Å². The summed E-state index contributed by atoms with van der Waals surface area (Å²) >= 11 is 0. The molecule has 3 nitrogen and oxygen atoms in total. The summed E-state index contributed by atoms with van der Waals surface area (Å²) in [6.07, 6.45) is 5.68. The van der Waals surface area contributed by atoms with Crippen LogP contribution >= 0.6 is 0 Å². The van der Waals surface area contributed by atoms with Crippen molar-refractivity contribution in [1.29, 1.82) is 0 Å². The molecular formula is C13H15N3. The Hall–Kier alpha value is -1.79. The van der Waals surface area contributed by atoms with Crippen LogP contribution in [0, 0.1) is 11.8 Å². The fourth-order valence-electron chi connectivity index (χ4n) is 1.60. The maximum absolute atomic E-state index is 5.85. The van der Waals surface area contributed by atoms with Crippen molar-refractivity contribution < 1.29 is 0 Å². The molecule has 3 heteroatoms. The highest BCUT2D eigenvalue weighted by Crippen LogP contribution is 2.04. The molecule has 0 bridgehead atoms. The van der Waals surface area contributed by atoms with Gasteiger partial charge >= 0.3 is 0 Å². The molecule has 2 N–H and O–H groups in total. The number of aromatic nitrogens is 2. The molecule has 2 heterocycles. The molecule has 0 aliphatic rings. The minimum Gasteiger partial charge on any atom is -0.318 e. The highest BCUT2D eigenvalue weighted by atomic mass is 15.0. The molecule has 2 aromatic heterocycles. The largest absolute Gasteiger partial charge is 0.318 e. The number of hydrogen-bond donors (Lipinski definition) is 1. The lowest BCUT2D eigenvalue weighted by Gasteiger charge is -2.00. The molecule has 0 radical (unpaired) electrons. The second-order valence-electron chi connectivity index (χ2n) is 3.73. The Morgan fingerprint density at radius 3 is 3.19 bits per heavy atom. The van der Waals surface area contributed by atoms with Gasteiger partial charge in [0, 0.05) is 12.4 Å². The zero-order chi connectivity index (χ0) is 11.4. The fraction of sp³-hybridized carbons (Fsp3) is 0.308. The lowest BCUT2D eigenvalue weighted by molar-refractivity contribution is 0.720. The molecule has 1 unspecified atom stereocenters. The molecule has 0 fully saturated rings. The van der Waals surface area contributed by atoms with Crippen molar-refractivity contribution in [2.24, 2.45) is 5.73 Å². The van der Waals surface area contributed by atoms with E-state index in [4.69, 9.17) is 5.73 Å². The van der Waals surface area contributed by atoms with Crippen LogP contribution in [0.25, 0.3) is 5.65 Å². The predicted octanol–water partition coefficient (Wildman–Crippen LogP) is 1.81. The SMILES string of the molecule is CCCC(N)C#Cc1cccc2nccn12. The van der Waals surface area contributed by atoms with Gasteiger partial charge < -0.3 is 5.73 Å². The molecule has 82 valence electrons. The second-order valence-corrected chi connectivity index (χ2v) is 3.73. The first kappa shape index (κ1) is 10.7. The van der Waals surface area contributed by atoms with Crippen LogP contribution < -0.4 is 5.73 Å². The molecule has 0 saturated carbocycles. The lowest BCUT2D eigenvalue weighted by Crippen LogP contribution is -2.16. The molecule has 0 amide bonds. The Balaban J connectivity index is 2.30. The van der Waals surface area contributed by atoms with Gasteiger partial charge in [-0.1, -0.05) is 25.3 Å². The topological polar surface area (TPSA) is 43.3 Å². The molecule has 2 aromatic rings. The first-order valence-corrected chi connectivity index (χ1v) is 5.50. The maximum atomic E-state index is 5.85. The molecule has 0 aliphatic carbocycles. The number of hydrogen-bond acceptors (Lipinski definition) is 2. The summed E-state index contributed by atoms with van der Waals surface area (Å²) in [5.41, 5.74) is 7.70. The van der Waals surface area contributed by atoms with Gasteiger partial charge in [0.2, 0.25) is 0 Å². The highest BCUT2D eigenvalue weighted by molar-refractivity contribution is 5.44. The summed E-state index contributed by atoms with van der Waals surface area (Å²) in [5.74, 6) is 6.17. The van der Waals surface area contributed by atoms with E-state index in [9.17, 15) is 0 Å². The summed E-state index contributed by atoms with van der Waals surface area (Å²) in [6, 6.07) is 5.85. The van der Waals surface area contributed by atoms with Crippen LogP contribution in [0.2, 0.25) is 0 Å². The van der Waals surface area contributed by atoms with Gasteiger partial charge in [0.15, 0.2) is 0 Å². The fourth-order valence-corrected chi connectivity index (χ4v) is 1.60. The number of nitrogens with zero attached hydrogens (tertiary/aromatic N) is 2. The summed E-state index contributed by atoms with van der Waals surface area (Å²) in [5, 5.41) is 0. The van der Waals surface area contributed by atoms with E-state index in [0.717, 1.165) is 24.2 Å². The van der Waals surface area contributed by atoms with E-state index in [1.165, 1.54) is 0 Å². The minimum atomic E-state index is -0.0382. The molecule has 0 saturated heterocycles. The number of pyridine rings is 1. The van der Waals surface area contributed by atoms with Crippen molar-refractivity contribution in [3.8, 4) is 11.8 Å². The van der Waals surface area contributed by atoms with Crippen molar-refractivity contribution in [2.75, 3.05) is 0 Å². The van der Waals surface area contributed by atoms with Crippen molar-refractivity contribution in [3.63, 3.8) is 0 Å². The van der Waals surface area contributed by atoms with E-state index < -0.39 is 0 Å². The van der Waals surface area contributed by atoms with Gasteiger partial charge in [-0.15, -0.1) is 0 Å². The Labute approximate surface area is 95.3 Å². The zero-order valence-electron chi connectivity index (χ0n) is 9.35. The van der Waals surface area contributed by atoms with Crippen LogP contribution in [0.5, 0.6) is 0 Å². The first-order chi connectivity index (χ1) is 7.81. The van der Waals surface area contributed by atoms with Crippen LogP contribution in [0.15, 0.2) is 30.6 Å². The van der Waals surface area contributed by atoms with E-state index in [1.54, 1.807) is 6.20 Å². The van der Waals surface area contributed by atoms with Crippen molar-refractivity contribution >= 4 is 5.65 Å². The van der Waals surface area contributed by atoms with Gasteiger partial charge in [0.25, 0.3) is 0 Å². The predicted molar refractivity (Wildman–Crippen MR) is 65.0 cm³/mol. The van der Waals surface area contributed by atoms with E-state index in [0.29, 0.717) is 0 Å². The monoisotopic (exact) mass is 213 g/mol. The van der Waals surface area contributed by atoms with Crippen molar-refractivity contribution in [1.82, 2.24) is 9.38 Å². The standard InChI is InChI=1S/C13H15N3/c1-2-4-11(14)7-8-12-5-3-6-13-15-9-10-16(12)13/h3,5-6,9-11H,2,4,14H2,1H3. The third-order valence-corrected chi connectivity index (χ3v) is 2.41. The second kappa shape index (κ2) is 4.82. The van der Waals surface area contributed by atoms with E-state index in [-0.39, 0.29) is 6.04 Å². The van der Waals surface area contributed by atoms with Crippen LogP contribution in [0.3, 0.4) is 0 Å². The summed E-state index contributed by atoms with van der Waals surface area (Å²) in [4.78, 5) is 4.21. The van der Waals surface area contributed by atoms with E-state index in [2.05, 4.69) is 23.7 Å². The Bertz CT molecular complexity index is 531. The molecule has 0 aromatic carbocycles. The highest BCUT2D eigenvalue weighted by Gasteiger charge is 1.97. The molecule has 0 spiro atoms. The number of fused-ring (bicyclic) bond motifs is 1. The van der Waals surface area contributed by atoms with Crippen LogP contribution in [0.1, 0.15) is 25.5 Å². The van der Waals surface area contributed by atoms with Gasteiger partial charge in [0.05, 0.1) is 11.7 Å². The normalized spacial score (nSPS) is 12.1. The molecule has 2 rings (SSSR count). The average Bonchev–Trinajstić information content (AvgIpc) is 2.75. The van der Waals surface area contributed by atoms with Gasteiger partial charge in [-0.05, 0) is 24.5 Å². The number of imidazole rings is 1. The Morgan fingerprint density at radius 2 is 2.38 bits per heavy atom. The maximum Gasteiger partial charge on any atom is 0.137 e. The zero-order valence-corrected chi connectivity index (χ0v) is 9.35. The number of rotatable bonds is 2. The van der Waals surface area contributed by atoms with Gasteiger partial charge in [-0.3, -0.25) is 4.40 Å². The summed E-state index contributed by atoms with van der Waals surface area (Å²) in [6.45, 7) is 2.11. The lowest BCUT2D eigenvalue weighted by atomic mass is 10.2. The van der Waals surface area contributed by atoms with E-state index in [1.807, 2.05) is 28.8 Å². The molecule has 0 aliphatic heterocycles. The van der Waals surface area contributed by atoms with Gasteiger partial charge in [-0.2, -0.15) is 0 Å². The first-order valence-electron chi connectivity index (χ1n) is 5.50. The smallest absolute Gasteiger partial charge is 0.137 e. The average molecular weight is 213 g/mol.